The molecule has 4 rings (SSSR count). The number of nitrogens with zero attached hydrogens (tertiary/aromatic N) is 3. The van der Waals surface area contributed by atoms with Crippen LogP contribution >= 0.6 is 0 Å². The lowest BCUT2D eigenvalue weighted by atomic mass is 9.91. The molecule has 0 saturated heterocycles. The third-order valence-corrected chi connectivity index (χ3v) is 5.93. The number of esters is 1. The van der Waals surface area contributed by atoms with Crippen LogP contribution in [0.1, 0.15) is 27.2 Å². The minimum Gasteiger partial charge on any atom is -0.507 e. The molecule has 0 aliphatic carbocycles. The molecule has 4 aromatic rings. The Kier molecular flexibility index (Phi) is 7.59. The van der Waals surface area contributed by atoms with Crippen LogP contribution in [0.3, 0.4) is 0 Å². The summed E-state index contributed by atoms with van der Waals surface area (Å²) in [5.74, 6) is 1.53. The Morgan fingerprint density at radius 2 is 1.36 bits per heavy atom. The second kappa shape index (κ2) is 11.0. The van der Waals surface area contributed by atoms with Gasteiger partial charge in [0.25, 0.3) is 0 Å². The summed E-state index contributed by atoms with van der Waals surface area (Å²) >= 11 is 0. The smallest absolute Gasteiger partial charge is 0.311 e. The van der Waals surface area contributed by atoms with Crippen molar-refractivity contribution in [2.45, 2.75) is 27.2 Å². The minimum atomic E-state index is -0.526. The standard InChI is InChI=1S/C29H29N3O4/c1-4-29(2,3)28(34)36-18-17-35-22-15-16-23(24(33)19-22)27-31-25(20-11-7-5-8-12-20)30-26(32-27)21-13-9-6-10-14-21/h5-16,19,33H,4,17-18H2,1-3H3. The van der Waals surface area contributed by atoms with Crippen LogP contribution in [0, 0.1) is 5.41 Å². The molecule has 0 atom stereocenters. The van der Waals surface area contributed by atoms with Crippen LogP contribution in [-0.2, 0) is 9.53 Å². The van der Waals surface area contributed by atoms with Gasteiger partial charge in [-0.1, -0.05) is 67.6 Å². The van der Waals surface area contributed by atoms with Gasteiger partial charge in [0.15, 0.2) is 17.5 Å². The lowest BCUT2D eigenvalue weighted by Crippen LogP contribution is -2.27. The molecule has 0 aliphatic heterocycles. The highest BCUT2D eigenvalue weighted by molar-refractivity contribution is 5.75. The molecule has 7 nitrogen and oxygen atoms in total. The summed E-state index contributed by atoms with van der Waals surface area (Å²) in [6.07, 6.45) is 0.692. The van der Waals surface area contributed by atoms with Crippen molar-refractivity contribution in [2.75, 3.05) is 13.2 Å². The van der Waals surface area contributed by atoms with E-state index < -0.39 is 5.41 Å². The first-order valence-electron chi connectivity index (χ1n) is 11.9. The Morgan fingerprint density at radius 3 is 1.89 bits per heavy atom. The maximum absolute atomic E-state index is 12.1. The first-order valence-corrected chi connectivity index (χ1v) is 11.9. The highest BCUT2D eigenvalue weighted by Gasteiger charge is 2.26. The Morgan fingerprint density at radius 1 is 0.806 bits per heavy atom. The monoisotopic (exact) mass is 483 g/mol. The van der Waals surface area contributed by atoms with Crippen LogP contribution in [0.15, 0.2) is 78.9 Å². The normalized spacial score (nSPS) is 11.2. The van der Waals surface area contributed by atoms with Gasteiger partial charge in [-0.15, -0.1) is 0 Å². The van der Waals surface area contributed by atoms with E-state index in [0.717, 1.165) is 11.1 Å². The van der Waals surface area contributed by atoms with Gasteiger partial charge in [0.1, 0.15) is 24.7 Å². The summed E-state index contributed by atoms with van der Waals surface area (Å²) in [5, 5.41) is 10.8. The number of benzene rings is 3. The molecule has 1 heterocycles. The minimum absolute atomic E-state index is 0.0270. The maximum Gasteiger partial charge on any atom is 0.311 e. The highest BCUT2D eigenvalue weighted by atomic mass is 16.6. The van der Waals surface area contributed by atoms with Crippen LogP contribution in [-0.4, -0.2) is 39.2 Å². The van der Waals surface area contributed by atoms with Gasteiger partial charge < -0.3 is 14.6 Å². The van der Waals surface area contributed by atoms with E-state index in [1.54, 1.807) is 12.1 Å². The second-order valence-electron chi connectivity index (χ2n) is 8.94. The summed E-state index contributed by atoms with van der Waals surface area (Å²) in [5.41, 5.74) is 1.62. The van der Waals surface area contributed by atoms with Gasteiger partial charge >= 0.3 is 5.97 Å². The molecule has 0 aliphatic rings. The summed E-state index contributed by atoms with van der Waals surface area (Å²) in [4.78, 5) is 26.0. The number of aromatic nitrogens is 3. The van der Waals surface area contributed by atoms with Gasteiger partial charge in [0.2, 0.25) is 0 Å². The molecule has 0 radical (unpaired) electrons. The van der Waals surface area contributed by atoms with Crippen LogP contribution in [0.5, 0.6) is 11.5 Å². The van der Waals surface area contributed by atoms with Gasteiger partial charge in [-0.05, 0) is 32.4 Å². The molecule has 0 fully saturated rings. The van der Waals surface area contributed by atoms with Crippen molar-refractivity contribution in [1.82, 2.24) is 15.0 Å². The van der Waals surface area contributed by atoms with E-state index in [4.69, 9.17) is 9.47 Å². The zero-order chi connectivity index (χ0) is 25.5. The maximum atomic E-state index is 12.1. The molecule has 0 unspecified atom stereocenters. The van der Waals surface area contributed by atoms with Crippen LogP contribution in [0.4, 0.5) is 0 Å². The number of phenolic OH excluding ortho intramolecular Hbond substituents is 1. The Labute approximate surface area is 210 Å². The van der Waals surface area contributed by atoms with Gasteiger partial charge in [0.05, 0.1) is 11.0 Å². The fraction of sp³-hybridized carbons (Fsp3) is 0.241. The van der Waals surface area contributed by atoms with Crippen molar-refractivity contribution < 1.29 is 19.4 Å². The first-order chi connectivity index (χ1) is 17.4. The van der Waals surface area contributed by atoms with Gasteiger partial charge in [-0.2, -0.15) is 0 Å². The van der Waals surface area contributed by atoms with Crippen molar-refractivity contribution in [2.24, 2.45) is 5.41 Å². The van der Waals surface area contributed by atoms with E-state index in [0.29, 0.717) is 35.2 Å². The van der Waals surface area contributed by atoms with E-state index in [9.17, 15) is 9.90 Å². The third kappa shape index (κ3) is 5.86. The van der Waals surface area contributed by atoms with Gasteiger partial charge in [-0.25, -0.2) is 15.0 Å². The topological polar surface area (TPSA) is 94.4 Å². The molecule has 184 valence electrons. The van der Waals surface area contributed by atoms with Crippen molar-refractivity contribution >= 4 is 5.97 Å². The molecular formula is C29H29N3O4. The molecule has 1 aromatic heterocycles. The lowest BCUT2D eigenvalue weighted by molar-refractivity contribution is -0.154. The number of phenols is 1. The molecule has 0 spiro atoms. The van der Waals surface area contributed by atoms with Crippen molar-refractivity contribution in [3.63, 3.8) is 0 Å². The van der Waals surface area contributed by atoms with E-state index in [-0.39, 0.29) is 24.9 Å². The second-order valence-corrected chi connectivity index (χ2v) is 8.94. The highest BCUT2D eigenvalue weighted by Crippen LogP contribution is 2.32. The molecule has 3 aromatic carbocycles. The van der Waals surface area contributed by atoms with Gasteiger partial charge in [0, 0.05) is 17.2 Å². The SMILES string of the molecule is CCC(C)(C)C(=O)OCCOc1ccc(-c2nc(-c3ccccc3)nc(-c3ccccc3)n2)c(O)c1. The number of carbonyl (C=O) groups excluding carboxylic acids is 1. The fourth-order valence-corrected chi connectivity index (χ4v) is 3.35. The third-order valence-electron chi connectivity index (χ3n) is 5.93. The predicted octanol–water partition coefficient (Wildman–Crippen LogP) is 5.94. The Balaban J connectivity index is 1.56. The number of rotatable bonds is 9. The summed E-state index contributed by atoms with van der Waals surface area (Å²) in [6.45, 7) is 5.94. The largest absolute Gasteiger partial charge is 0.507 e. The molecular weight excluding hydrogens is 454 g/mol. The molecule has 7 heteroatoms. The van der Waals surface area contributed by atoms with Gasteiger partial charge in [-0.3, -0.25) is 4.79 Å². The summed E-state index contributed by atoms with van der Waals surface area (Å²) < 4.78 is 11.0. The molecule has 0 bridgehead atoms. The zero-order valence-electron chi connectivity index (χ0n) is 20.6. The van der Waals surface area contributed by atoms with Crippen molar-refractivity contribution in [3.05, 3.63) is 78.9 Å². The Hall–Kier alpha value is -4.26. The molecule has 0 saturated carbocycles. The van der Waals surface area contributed by atoms with E-state index in [1.165, 1.54) is 6.07 Å². The van der Waals surface area contributed by atoms with E-state index in [1.807, 2.05) is 81.4 Å². The number of hydrogen-bond acceptors (Lipinski definition) is 7. The van der Waals surface area contributed by atoms with Crippen LogP contribution in [0.2, 0.25) is 0 Å². The van der Waals surface area contributed by atoms with Crippen LogP contribution < -0.4 is 4.74 Å². The van der Waals surface area contributed by atoms with E-state index >= 15 is 0 Å². The average Bonchev–Trinajstić information content (AvgIpc) is 2.91. The quantitative estimate of drug-likeness (QED) is 0.233. The molecule has 0 amide bonds. The van der Waals surface area contributed by atoms with Crippen LogP contribution in [0.25, 0.3) is 34.2 Å². The predicted molar refractivity (Wildman–Crippen MR) is 138 cm³/mol. The Bertz CT molecular complexity index is 1270. The summed E-state index contributed by atoms with van der Waals surface area (Å²) in [6, 6.07) is 24.2. The lowest BCUT2D eigenvalue weighted by Gasteiger charge is -2.20. The average molecular weight is 484 g/mol. The molecule has 36 heavy (non-hydrogen) atoms. The fourth-order valence-electron chi connectivity index (χ4n) is 3.35. The van der Waals surface area contributed by atoms with Crippen molar-refractivity contribution in [3.8, 4) is 45.7 Å². The zero-order valence-corrected chi connectivity index (χ0v) is 20.6. The number of ether oxygens (including phenoxy) is 2. The first kappa shape index (κ1) is 24.9. The number of hydrogen-bond donors (Lipinski definition) is 1. The number of carbonyl (C=O) groups is 1. The summed E-state index contributed by atoms with van der Waals surface area (Å²) in [7, 11) is 0. The van der Waals surface area contributed by atoms with Crippen molar-refractivity contribution in [1.29, 1.82) is 0 Å². The molecule has 1 N–H and O–H groups in total. The van der Waals surface area contributed by atoms with E-state index in [2.05, 4.69) is 15.0 Å². The number of aromatic hydroxyl groups is 1.